The number of methoxy groups -OCH3 is 1. The second-order valence-corrected chi connectivity index (χ2v) is 8.36. The molecule has 1 saturated heterocycles. The van der Waals surface area contributed by atoms with Gasteiger partial charge in [0.25, 0.3) is 0 Å². The topological polar surface area (TPSA) is 71.5 Å². The summed E-state index contributed by atoms with van der Waals surface area (Å²) in [5, 5.41) is 0. The molecule has 26 heavy (non-hydrogen) atoms. The van der Waals surface area contributed by atoms with Crippen molar-refractivity contribution in [2.75, 3.05) is 31.6 Å². The van der Waals surface area contributed by atoms with Crippen LogP contribution in [0.15, 0.2) is 47.6 Å². The molecule has 6 nitrogen and oxygen atoms in total. The number of aromatic nitrogens is 1. The smallest absolute Gasteiger partial charge is 0.240 e. The van der Waals surface area contributed by atoms with Crippen molar-refractivity contribution in [2.45, 2.75) is 24.7 Å². The van der Waals surface area contributed by atoms with Gasteiger partial charge in [-0.15, -0.1) is 0 Å². The number of pyridine rings is 1. The Kier molecular flexibility index (Phi) is 5.78. The Morgan fingerprint density at radius 2 is 2.04 bits per heavy atom. The molecule has 0 radical (unpaired) electrons. The fourth-order valence-electron chi connectivity index (χ4n) is 3.29. The van der Waals surface area contributed by atoms with Gasteiger partial charge in [0, 0.05) is 25.8 Å². The SMILES string of the molecule is COc1ccc(S(=O)(=O)NCC2CCN(c3cccnc3)CC2)c(C)c1. The first-order valence-electron chi connectivity index (χ1n) is 8.79. The first kappa shape index (κ1) is 18.7. The zero-order valence-electron chi connectivity index (χ0n) is 15.2. The molecule has 1 fully saturated rings. The lowest BCUT2D eigenvalue weighted by molar-refractivity contribution is 0.401. The largest absolute Gasteiger partial charge is 0.497 e. The maximum Gasteiger partial charge on any atom is 0.240 e. The summed E-state index contributed by atoms with van der Waals surface area (Å²) >= 11 is 0. The van der Waals surface area contributed by atoms with Gasteiger partial charge in [0.05, 0.1) is 23.9 Å². The zero-order valence-corrected chi connectivity index (χ0v) is 16.0. The summed E-state index contributed by atoms with van der Waals surface area (Å²) in [6.45, 7) is 4.08. The molecular formula is C19H25N3O3S. The van der Waals surface area contributed by atoms with Crippen LogP contribution in [0.3, 0.4) is 0 Å². The first-order valence-corrected chi connectivity index (χ1v) is 10.3. The highest BCUT2D eigenvalue weighted by Gasteiger charge is 2.23. The Hall–Kier alpha value is -2.12. The summed E-state index contributed by atoms with van der Waals surface area (Å²) < 4.78 is 33.1. The molecule has 1 aromatic heterocycles. The highest BCUT2D eigenvalue weighted by Crippen LogP contribution is 2.24. The van der Waals surface area contributed by atoms with Crippen LogP contribution in [0.4, 0.5) is 5.69 Å². The standard InChI is InChI=1S/C19H25N3O3S/c1-15-12-18(25-2)5-6-19(15)26(23,24)21-13-16-7-10-22(11-8-16)17-4-3-9-20-14-17/h3-6,9,12,14,16,21H,7-8,10-11,13H2,1-2H3. The minimum absolute atomic E-state index is 0.311. The third-order valence-corrected chi connectivity index (χ3v) is 6.44. The van der Waals surface area contributed by atoms with E-state index < -0.39 is 10.0 Å². The number of rotatable bonds is 6. The molecule has 7 heteroatoms. The van der Waals surface area contributed by atoms with Gasteiger partial charge in [-0.1, -0.05) is 0 Å². The normalized spacial score (nSPS) is 15.8. The Bertz CT molecular complexity index is 832. The molecule has 140 valence electrons. The fourth-order valence-corrected chi connectivity index (χ4v) is 4.63. The van der Waals surface area contributed by atoms with Crippen LogP contribution in [0.1, 0.15) is 18.4 Å². The van der Waals surface area contributed by atoms with Gasteiger partial charge in [-0.3, -0.25) is 4.98 Å². The van der Waals surface area contributed by atoms with Gasteiger partial charge in [-0.05, 0) is 61.6 Å². The number of hydrogen-bond donors (Lipinski definition) is 1. The van der Waals surface area contributed by atoms with Crippen molar-refractivity contribution in [3.8, 4) is 5.75 Å². The van der Waals surface area contributed by atoms with Gasteiger partial charge in [0.1, 0.15) is 5.75 Å². The molecule has 0 saturated carbocycles. The number of benzene rings is 1. The highest BCUT2D eigenvalue weighted by atomic mass is 32.2. The molecule has 0 atom stereocenters. The van der Waals surface area contributed by atoms with Crippen LogP contribution in [-0.2, 0) is 10.0 Å². The average molecular weight is 375 g/mol. The second kappa shape index (κ2) is 8.05. The van der Waals surface area contributed by atoms with E-state index in [2.05, 4.69) is 20.7 Å². The van der Waals surface area contributed by atoms with E-state index in [0.717, 1.165) is 31.6 Å². The van der Waals surface area contributed by atoms with E-state index in [1.54, 1.807) is 38.4 Å². The predicted octanol–water partition coefficient (Wildman–Crippen LogP) is 2.59. The van der Waals surface area contributed by atoms with E-state index in [-0.39, 0.29) is 0 Å². The van der Waals surface area contributed by atoms with Crippen LogP contribution in [0.25, 0.3) is 0 Å². The molecule has 1 N–H and O–H groups in total. The molecule has 2 aromatic rings. The van der Waals surface area contributed by atoms with Crippen LogP contribution in [0.5, 0.6) is 5.75 Å². The van der Waals surface area contributed by atoms with E-state index in [9.17, 15) is 8.42 Å². The molecule has 0 unspecified atom stereocenters. The second-order valence-electron chi connectivity index (χ2n) is 6.62. The van der Waals surface area contributed by atoms with Gasteiger partial charge in [0.15, 0.2) is 0 Å². The summed E-state index contributed by atoms with van der Waals surface area (Å²) in [5.41, 5.74) is 1.81. The summed E-state index contributed by atoms with van der Waals surface area (Å²) in [6, 6.07) is 9.01. The van der Waals surface area contributed by atoms with Crippen molar-refractivity contribution >= 4 is 15.7 Å². The van der Waals surface area contributed by atoms with Crippen molar-refractivity contribution < 1.29 is 13.2 Å². The quantitative estimate of drug-likeness (QED) is 0.840. The minimum Gasteiger partial charge on any atom is -0.497 e. The van der Waals surface area contributed by atoms with E-state index in [4.69, 9.17) is 4.74 Å². The van der Waals surface area contributed by atoms with E-state index in [0.29, 0.717) is 28.7 Å². The number of nitrogens with zero attached hydrogens (tertiary/aromatic N) is 2. The molecular weight excluding hydrogens is 350 g/mol. The van der Waals surface area contributed by atoms with E-state index in [1.807, 2.05) is 12.3 Å². The fraction of sp³-hybridized carbons (Fsp3) is 0.421. The first-order chi connectivity index (χ1) is 12.5. The average Bonchev–Trinajstić information content (AvgIpc) is 2.67. The van der Waals surface area contributed by atoms with Crippen molar-refractivity contribution in [3.63, 3.8) is 0 Å². The lowest BCUT2D eigenvalue weighted by Gasteiger charge is -2.33. The minimum atomic E-state index is -3.51. The monoisotopic (exact) mass is 375 g/mol. The molecule has 1 aliphatic rings. The van der Waals surface area contributed by atoms with Crippen molar-refractivity contribution in [1.82, 2.24) is 9.71 Å². The maximum atomic E-state index is 12.6. The van der Waals surface area contributed by atoms with Crippen LogP contribution in [-0.4, -0.2) is 40.1 Å². The Balaban J connectivity index is 1.56. The van der Waals surface area contributed by atoms with Crippen molar-refractivity contribution in [3.05, 3.63) is 48.3 Å². The van der Waals surface area contributed by atoms with Crippen LogP contribution < -0.4 is 14.4 Å². The molecule has 0 amide bonds. The number of anilines is 1. The Morgan fingerprint density at radius 3 is 2.65 bits per heavy atom. The summed E-state index contributed by atoms with van der Waals surface area (Å²) in [6.07, 6.45) is 5.56. The number of sulfonamides is 1. The third kappa shape index (κ3) is 4.34. The number of ether oxygens (including phenoxy) is 1. The third-order valence-electron chi connectivity index (χ3n) is 4.86. The van der Waals surface area contributed by atoms with E-state index in [1.165, 1.54) is 0 Å². The van der Waals surface area contributed by atoms with Gasteiger partial charge in [-0.2, -0.15) is 0 Å². The van der Waals surface area contributed by atoms with Gasteiger partial charge < -0.3 is 9.64 Å². The number of hydrogen-bond acceptors (Lipinski definition) is 5. The Labute approximate surface area is 155 Å². The van der Waals surface area contributed by atoms with Crippen molar-refractivity contribution in [1.29, 1.82) is 0 Å². The molecule has 2 heterocycles. The number of piperidine rings is 1. The zero-order chi connectivity index (χ0) is 18.6. The summed E-state index contributed by atoms with van der Waals surface area (Å²) in [7, 11) is -1.94. The van der Waals surface area contributed by atoms with Crippen molar-refractivity contribution in [2.24, 2.45) is 5.92 Å². The molecule has 3 rings (SSSR count). The summed E-state index contributed by atoms with van der Waals surface area (Å²) in [5.74, 6) is 1.00. The lowest BCUT2D eigenvalue weighted by atomic mass is 9.97. The van der Waals surface area contributed by atoms with Gasteiger partial charge >= 0.3 is 0 Å². The van der Waals surface area contributed by atoms with Gasteiger partial charge in [0.2, 0.25) is 10.0 Å². The molecule has 0 spiro atoms. The predicted molar refractivity (Wildman–Crippen MR) is 102 cm³/mol. The van der Waals surface area contributed by atoms with Crippen LogP contribution >= 0.6 is 0 Å². The number of nitrogens with one attached hydrogen (secondary N) is 1. The number of aryl methyl sites for hydroxylation is 1. The van der Waals surface area contributed by atoms with Crippen LogP contribution in [0, 0.1) is 12.8 Å². The van der Waals surface area contributed by atoms with Crippen LogP contribution in [0.2, 0.25) is 0 Å². The Morgan fingerprint density at radius 1 is 1.27 bits per heavy atom. The highest BCUT2D eigenvalue weighted by molar-refractivity contribution is 7.89. The van der Waals surface area contributed by atoms with Gasteiger partial charge in [-0.25, -0.2) is 13.1 Å². The summed E-state index contributed by atoms with van der Waals surface area (Å²) in [4.78, 5) is 6.77. The molecule has 1 aromatic carbocycles. The lowest BCUT2D eigenvalue weighted by Crippen LogP contribution is -2.38. The van der Waals surface area contributed by atoms with E-state index >= 15 is 0 Å². The molecule has 0 aliphatic carbocycles. The molecule has 1 aliphatic heterocycles. The maximum absolute atomic E-state index is 12.6. The molecule has 0 bridgehead atoms.